The number of pyridine rings is 1. The molecule has 0 bridgehead atoms. The molecule has 0 amide bonds. The lowest BCUT2D eigenvalue weighted by Gasteiger charge is -2.20. The molecule has 7 nitrogen and oxygen atoms in total. The van der Waals surface area contributed by atoms with E-state index in [4.69, 9.17) is 22.4 Å². The topological polar surface area (TPSA) is 117 Å². The van der Waals surface area contributed by atoms with Crippen molar-refractivity contribution in [2.24, 2.45) is 17.3 Å². The maximum atomic E-state index is 11.1. The lowest BCUT2D eigenvalue weighted by molar-refractivity contribution is -0.665. The van der Waals surface area contributed by atoms with Gasteiger partial charge in [-0.15, -0.1) is 4.68 Å². The first-order valence-corrected chi connectivity index (χ1v) is 8.65. The fourth-order valence-corrected chi connectivity index (χ4v) is 1.81. The van der Waals surface area contributed by atoms with E-state index in [0.29, 0.717) is 11.5 Å². The van der Waals surface area contributed by atoms with Gasteiger partial charge in [0.05, 0.1) is 19.7 Å². The fourth-order valence-electron chi connectivity index (χ4n) is 1.81. The van der Waals surface area contributed by atoms with E-state index in [9.17, 15) is 4.39 Å². The molecule has 152 valence electrons. The monoisotopic (exact) mass is 381 g/mol. The molecular weight excluding hydrogens is 347 g/mol. The minimum atomic E-state index is -0.676. The first-order valence-electron chi connectivity index (χ1n) is 8.65. The summed E-state index contributed by atoms with van der Waals surface area (Å²) in [5.74, 6) is 6.16. The summed E-state index contributed by atoms with van der Waals surface area (Å²) in [6.07, 6.45) is 10.1. The number of rotatable bonds is 7. The summed E-state index contributed by atoms with van der Waals surface area (Å²) < 4.78 is 12.7. The van der Waals surface area contributed by atoms with Crippen molar-refractivity contribution in [2.45, 2.75) is 32.2 Å². The van der Waals surface area contributed by atoms with E-state index < -0.39 is 12.7 Å². The van der Waals surface area contributed by atoms with Gasteiger partial charge in [0, 0.05) is 11.6 Å². The number of nitrogens with two attached hydrogens (primary N) is 3. The fraction of sp³-hybridized carbons (Fsp3) is 0.474. The predicted octanol–water partition coefficient (Wildman–Crippen LogP) is 0.835. The van der Waals surface area contributed by atoms with Crippen molar-refractivity contribution in [1.29, 1.82) is 0 Å². The second-order valence-electron chi connectivity index (χ2n) is 6.62. The molecule has 1 heterocycles. The molecule has 8 heteroatoms. The van der Waals surface area contributed by atoms with Gasteiger partial charge in [0.2, 0.25) is 0 Å². The Morgan fingerprint density at radius 3 is 2.41 bits per heavy atom. The lowest BCUT2D eigenvalue weighted by atomic mass is 9.85. The van der Waals surface area contributed by atoms with Crippen LogP contribution in [-0.2, 0) is 5.41 Å². The van der Waals surface area contributed by atoms with Crippen molar-refractivity contribution in [2.75, 3.05) is 27.4 Å². The van der Waals surface area contributed by atoms with Gasteiger partial charge in [0.15, 0.2) is 5.69 Å². The first kappa shape index (κ1) is 24.7. The number of amidine groups is 1. The Balaban J connectivity index is 0.000000972. The third-order valence-electron chi connectivity index (χ3n) is 3.84. The van der Waals surface area contributed by atoms with E-state index in [1.54, 1.807) is 18.8 Å². The molecule has 0 radical (unpaired) electrons. The van der Waals surface area contributed by atoms with E-state index in [-0.39, 0.29) is 12.0 Å². The van der Waals surface area contributed by atoms with Crippen molar-refractivity contribution in [3.05, 3.63) is 53.9 Å². The van der Waals surface area contributed by atoms with Gasteiger partial charge in [0.1, 0.15) is 13.7 Å². The summed E-state index contributed by atoms with van der Waals surface area (Å²) >= 11 is 0. The quantitative estimate of drug-likeness (QED) is 0.139. The van der Waals surface area contributed by atoms with Gasteiger partial charge < -0.3 is 10.8 Å². The van der Waals surface area contributed by atoms with E-state index >= 15 is 0 Å². The summed E-state index contributed by atoms with van der Waals surface area (Å²) in [5, 5.41) is 9.38. The van der Waals surface area contributed by atoms with E-state index in [2.05, 4.69) is 24.9 Å². The molecule has 0 spiro atoms. The molecule has 1 unspecified atom stereocenters. The van der Waals surface area contributed by atoms with Crippen molar-refractivity contribution >= 4 is 5.84 Å². The molecule has 0 saturated heterocycles. The largest absolute Gasteiger partial charge is 0.395 e. The van der Waals surface area contributed by atoms with Crippen LogP contribution in [0.3, 0.4) is 0 Å². The van der Waals surface area contributed by atoms with Gasteiger partial charge in [-0.05, 0) is 18.6 Å². The number of hydrazone groups is 1. The maximum Gasteiger partial charge on any atom is 0.318 e. The SMILES string of the molecule is C/C=C\C=C/C(C)(C)c1ccc(/C(N)=[N+](\C)N(C)N)nc1.NC(CO)CF. The molecule has 7 N–H and O–H groups in total. The molecule has 0 fully saturated rings. The Bertz CT molecular complexity index is 634. The van der Waals surface area contributed by atoms with Crippen LogP contribution >= 0.6 is 0 Å². The van der Waals surface area contributed by atoms with Crippen LogP contribution in [0.25, 0.3) is 0 Å². The molecule has 1 atom stereocenters. The zero-order chi connectivity index (χ0) is 21.0. The van der Waals surface area contributed by atoms with Crippen LogP contribution in [-0.4, -0.2) is 59.1 Å². The van der Waals surface area contributed by atoms with Crippen LogP contribution in [0.5, 0.6) is 0 Å². The summed E-state index contributed by atoms with van der Waals surface area (Å²) in [7, 11) is 3.51. The van der Waals surface area contributed by atoms with Gasteiger partial charge in [-0.3, -0.25) is 5.73 Å². The number of hydrogen-bond acceptors (Lipinski definition) is 5. The van der Waals surface area contributed by atoms with Gasteiger partial charge in [0.25, 0.3) is 0 Å². The molecule has 1 rings (SSSR count). The minimum absolute atomic E-state index is 0.0869. The molecule has 0 aromatic carbocycles. The minimum Gasteiger partial charge on any atom is -0.395 e. The summed E-state index contributed by atoms with van der Waals surface area (Å²) in [5.41, 5.74) is 12.6. The smallest absolute Gasteiger partial charge is 0.318 e. The van der Waals surface area contributed by atoms with Crippen molar-refractivity contribution in [3.63, 3.8) is 0 Å². The maximum absolute atomic E-state index is 11.1. The summed E-state index contributed by atoms with van der Waals surface area (Å²) in [4.78, 5) is 4.44. The van der Waals surface area contributed by atoms with Crippen LogP contribution in [0, 0.1) is 0 Å². The highest BCUT2D eigenvalue weighted by atomic mass is 19.1. The zero-order valence-corrected chi connectivity index (χ0v) is 16.9. The molecule has 0 aliphatic carbocycles. The van der Waals surface area contributed by atoms with E-state index in [0.717, 1.165) is 5.56 Å². The number of aliphatic hydroxyl groups excluding tert-OH is 1. The number of allylic oxidation sites excluding steroid dienone is 4. The number of halogens is 1. The van der Waals surface area contributed by atoms with Crippen LogP contribution in [0.2, 0.25) is 0 Å². The lowest BCUT2D eigenvalue weighted by Crippen LogP contribution is -2.42. The molecule has 0 aliphatic heterocycles. The van der Waals surface area contributed by atoms with Gasteiger partial charge in [-0.1, -0.05) is 44.2 Å². The van der Waals surface area contributed by atoms with E-state index in [1.165, 1.54) is 5.12 Å². The normalized spacial score (nSPS) is 14.0. The van der Waals surface area contributed by atoms with Gasteiger partial charge >= 0.3 is 5.84 Å². The third kappa shape index (κ3) is 8.76. The van der Waals surface area contributed by atoms with Crippen LogP contribution < -0.4 is 17.3 Å². The predicted molar refractivity (Wildman–Crippen MR) is 109 cm³/mol. The Kier molecular flexibility index (Phi) is 11.1. The molecule has 0 saturated carbocycles. The number of nitrogens with zero attached hydrogens (tertiary/aromatic N) is 3. The van der Waals surface area contributed by atoms with Crippen molar-refractivity contribution in [1.82, 2.24) is 10.1 Å². The Morgan fingerprint density at radius 2 is 2.04 bits per heavy atom. The second kappa shape index (κ2) is 12.2. The highest BCUT2D eigenvalue weighted by Gasteiger charge is 2.18. The van der Waals surface area contributed by atoms with Crippen LogP contribution in [0.15, 0.2) is 42.6 Å². The molecule has 1 aromatic rings. The average Bonchev–Trinajstić information content (AvgIpc) is 2.66. The number of hydrazine groups is 2. The molecule has 27 heavy (non-hydrogen) atoms. The van der Waals surface area contributed by atoms with E-state index in [1.807, 2.05) is 43.5 Å². The average molecular weight is 382 g/mol. The summed E-state index contributed by atoms with van der Waals surface area (Å²) in [6.45, 7) is 5.39. The van der Waals surface area contributed by atoms with Crippen LogP contribution in [0.1, 0.15) is 32.0 Å². The van der Waals surface area contributed by atoms with Crippen LogP contribution in [0.4, 0.5) is 4.39 Å². The van der Waals surface area contributed by atoms with Crippen molar-refractivity contribution in [3.8, 4) is 0 Å². The summed E-state index contributed by atoms with van der Waals surface area (Å²) in [6, 6.07) is 3.28. The zero-order valence-electron chi connectivity index (χ0n) is 16.9. The molecular formula is C19H34FN6O+. The number of aromatic nitrogens is 1. The second-order valence-corrected chi connectivity index (χ2v) is 6.62. The number of hydrogen-bond donors (Lipinski definition) is 4. The third-order valence-corrected chi connectivity index (χ3v) is 3.84. The Hall–Kier alpha value is -2.29. The van der Waals surface area contributed by atoms with Crippen molar-refractivity contribution < 1.29 is 14.2 Å². The van der Waals surface area contributed by atoms with Gasteiger partial charge in [-0.25, -0.2) is 15.2 Å². The highest BCUT2D eigenvalue weighted by Crippen LogP contribution is 2.24. The Morgan fingerprint density at radius 1 is 1.41 bits per heavy atom. The number of aliphatic hydroxyl groups is 1. The first-order chi connectivity index (χ1) is 12.6. The molecule has 1 aromatic heterocycles. The van der Waals surface area contributed by atoms with Gasteiger partial charge in [-0.2, -0.15) is 5.12 Å². The highest BCUT2D eigenvalue weighted by molar-refractivity contribution is 5.91. The standard InChI is InChI=1S/C16H25N5.C3H8FNO/c1-6-7-8-11-16(2,3)13-9-10-14(19-12-13)15(17)20(4)21(5)18;4-1-3(5)2-6/h6-12,17H,18H2,1-5H3;3,6H,1-2,5H2/p+1/b7-6-,11-8-;. The Labute approximate surface area is 161 Å². The number of alkyl halides is 1. The molecule has 0 aliphatic rings.